The lowest BCUT2D eigenvalue weighted by Gasteiger charge is -2.22. The summed E-state index contributed by atoms with van der Waals surface area (Å²) in [4.78, 5) is 24.6. The third kappa shape index (κ3) is 52.0. The summed E-state index contributed by atoms with van der Waals surface area (Å²) in [6, 6.07) is -0.559. The van der Waals surface area contributed by atoms with E-state index in [1.54, 1.807) is 0 Å². The van der Waals surface area contributed by atoms with E-state index in [0.717, 1.165) is 57.8 Å². The highest BCUT2D eigenvalue weighted by molar-refractivity contribution is 5.76. The Kier molecular flexibility index (Phi) is 55.0. The van der Waals surface area contributed by atoms with Gasteiger partial charge >= 0.3 is 5.97 Å². The Morgan fingerprint density at radius 3 is 1.08 bits per heavy atom. The van der Waals surface area contributed by atoms with E-state index in [-0.39, 0.29) is 18.5 Å². The van der Waals surface area contributed by atoms with E-state index in [4.69, 9.17) is 4.74 Å². The van der Waals surface area contributed by atoms with Gasteiger partial charge < -0.3 is 20.3 Å². The maximum atomic E-state index is 12.5. The molecule has 66 heavy (non-hydrogen) atoms. The van der Waals surface area contributed by atoms with Crippen LogP contribution in [0.25, 0.3) is 0 Å². The first-order chi connectivity index (χ1) is 32.5. The van der Waals surface area contributed by atoms with Crippen molar-refractivity contribution >= 4 is 11.9 Å². The molecule has 3 N–H and O–H groups in total. The Balaban J connectivity index is 3.45. The molecule has 0 fully saturated rings. The Bertz CT molecular complexity index is 986. The molecule has 0 aliphatic heterocycles. The first-order valence-electron chi connectivity index (χ1n) is 29.9. The van der Waals surface area contributed by atoms with Gasteiger partial charge in [0.2, 0.25) is 5.91 Å². The largest absolute Gasteiger partial charge is 0.466 e. The summed E-state index contributed by atoms with van der Waals surface area (Å²) in [7, 11) is 0. The lowest BCUT2D eigenvalue weighted by molar-refractivity contribution is -0.143. The fraction of sp³-hybridized carbons (Fsp3) is 0.933. The molecule has 392 valence electrons. The molecule has 0 heterocycles. The molecular weight excluding hydrogens is 815 g/mol. The van der Waals surface area contributed by atoms with Crippen molar-refractivity contribution in [3.8, 4) is 0 Å². The molecule has 0 saturated carbocycles. The molecule has 0 bridgehead atoms. The predicted octanol–water partition coefficient (Wildman–Crippen LogP) is 18.5. The number of carbonyl (C=O) groups excluding carboxylic acids is 2. The summed E-state index contributed by atoms with van der Waals surface area (Å²) in [5.41, 5.74) is 0. The second-order valence-corrected chi connectivity index (χ2v) is 20.7. The van der Waals surface area contributed by atoms with Crippen molar-refractivity contribution in [2.24, 2.45) is 0 Å². The molecule has 1 amide bonds. The molecule has 0 aromatic rings. The maximum Gasteiger partial charge on any atom is 0.305 e. The van der Waals surface area contributed by atoms with Crippen molar-refractivity contribution < 1.29 is 24.5 Å². The van der Waals surface area contributed by atoms with Crippen molar-refractivity contribution in [2.45, 2.75) is 347 Å². The van der Waals surface area contributed by atoms with Crippen LogP contribution in [-0.2, 0) is 14.3 Å². The lowest BCUT2D eigenvalue weighted by Crippen LogP contribution is -2.45. The molecule has 0 rings (SSSR count). The quantitative estimate of drug-likeness (QED) is 0.0321. The van der Waals surface area contributed by atoms with Crippen molar-refractivity contribution in [3.05, 3.63) is 12.2 Å². The fourth-order valence-electron chi connectivity index (χ4n) is 9.46. The minimum atomic E-state index is -0.680. The van der Waals surface area contributed by atoms with Crippen LogP contribution in [-0.4, -0.2) is 47.4 Å². The number of aliphatic hydroxyl groups is 2. The van der Waals surface area contributed by atoms with Gasteiger partial charge in [0, 0.05) is 12.8 Å². The Labute approximate surface area is 412 Å². The molecule has 2 atom stereocenters. The number of unbranched alkanes of at least 4 members (excludes halogenated alkanes) is 43. The molecule has 6 nitrogen and oxygen atoms in total. The van der Waals surface area contributed by atoms with Crippen molar-refractivity contribution in [1.82, 2.24) is 5.32 Å². The van der Waals surface area contributed by atoms with Crippen LogP contribution >= 0.6 is 0 Å². The van der Waals surface area contributed by atoms with Crippen molar-refractivity contribution in [3.63, 3.8) is 0 Å². The number of hydrogen-bond acceptors (Lipinski definition) is 5. The smallest absolute Gasteiger partial charge is 0.305 e. The summed E-state index contributed by atoms with van der Waals surface area (Å²) in [5, 5.41) is 23.4. The van der Waals surface area contributed by atoms with E-state index < -0.39 is 12.1 Å². The van der Waals surface area contributed by atoms with Gasteiger partial charge in [0.15, 0.2) is 0 Å². The number of allylic oxidation sites excluding steroid dienone is 2. The minimum Gasteiger partial charge on any atom is -0.466 e. The number of nitrogens with one attached hydrogen (secondary N) is 1. The van der Waals surface area contributed by atoms with E-state index in [0.29, 0.717) is 25.9 Å². The van der Waals surface area contributed by atoms with Crippen LogP contribution < -0.4 is 5.32 Å². The molecule has 0 aliphatic carbocycles. The summed E-state index contributed by atoms with van der Waals surface area (Å²) in [5.74, 6) is -0.0801. The highest BCUT2D eigenvalue weighted by Gasteiger charge is 2.20. The number of rotatable bonds is 56. The molecule has 0 aliphatic rings. The average molecular weight is 933 g/mol. The molecule has 0 saturated heterocycles. The third-order valence-corrected chi connectivity index (χ3v) is 14.1. The number of hydrogen-bond donors (Lipinski definition) is 3. The Morgan fingerprint density at radius 2 is 0.712 bits per heavy atom. The monoisotopic (exact) mass is 932 g/mol. The number of carbonyl (C=O) groups is 2. The van der Waals surface area contributed by atoms with E-state index in [1.165, 1.54) is 244 Å². The summed E-state index contributed by atoms with van der Waals surface area (Å²) in [6.07, 6.45) is 66.4. The Hall–Kier alpha value is -1.40. The molecular formula is C60H117NO5. The van der Waals surface area contributed by atoms with Gasteiger partial charge in [-0.15, -0.1) is 0 Å². The van der Waals surface area contributed by atoms with Crippen molar-refractivity contribution in [2.75, 3.05) is 13.2 Å². The lowest BCUT2D eigenvalue weighted by atomic mass is 10.0. The van der Waals surface area contributed by atoms with Crippen LogP contribution in [0.5, 0.6) is 0 Å². The van der Waals surface area contributed by atoms with Gasteiger partial charge in [0.25, 0.3) is 0 Å². The average Bonchev–Trinajstić information content (AvgIpc) is 3.32. The van der Waals surface area contributed by atoms with Crippen LogP contribution in [0.3, 0.4) is 0 Å². The first kappa shape index (κ1) is 64.6. The first-order valence-corrected chi connectivity index (χ1v) is 29.9. The van der Waals surface area contributed by atoms with Crippen LogP contribution in [0.2, 0.25) is 0 Å². The summed E-state index contributed by atoms with van der Waals surface area (Å²) >= 11 is 0. The Morgan fingerprint density at radius 1 is 0.409 bits per heavy atom. The van der Waals surface area contributed by atoms with Gasteiger partial charge in [-0.2, -0.15) is 0 Å². The van der Waals surface area contributed by atoms with Crippen LogP contribution in [0, 0.1) is 0 Å². The predicted molar refractivity (Wildman–Crippen MR) is 287 cm³/mol. The van der Waals surface area contributed by atoms with E-state index in [2.05, 4.69) is 31.3 Å². The SMILES string of the molecule is CCCCCCC/C=C\CCCCCCCC(=O)OCCCCCCCCCCCCC(=O)NC(CO)C(O)CCCCCCCCCCCCCCCCCCCCCCCCCCC. The van der Waals surface area contributed by atoms with E-state index in [9.17, 15) is 19.8 Å². The highest BCUT2D eigenvalue weighted by Crippen LogP contribution is 2.18. The summed E-state index contributed by atoms with van der Waals surface area (Å²) < 4.78 is 5.46. The van der Waals surface area contributed by atoms with Crippen molar-refractivity contribution in [1.29, 1.82) is 0 Å². The van der Waals surface area contributed by atoms with Gasteiger partial charge in [-0.25, -0.2) is 0 Å². The molecule has 6 heteroatoms. The maximum absolute atomic E-state index is 12.5. The number of esters is 1. The molecule has 0 aromatic carbocycles. The van der Waals surface area contributed by atoms with Gasteiger partial charge in [0.05, 0.1) is 25.4 Å². The number of ether oxygens (including phenoxy) is 1. The molecule has 0 spiro atoms. The van der Waals surface area contributed by atoms with E-state index in [1.807, 2.05) is 0 Å². The third-order valence-electron chi connectivity index (χ3n) is 14.1. The molecule has 2 unspecified atom stereocenters. The fourth-order valence-corrected chi connectivity index (χ4v) is 9.46. The van der Waals surface area contributed by atoms with Gasteiger partial charge in [-0.3, -0.25) is 9.59 Å². The van der Waals surface area contributed by atoms with Gasteiger partial charge in [-0.1, -0.05) is 283 Å². The van der Waals surface area contributed by atoms with Crippen LogP contribution in [0.15, 0.2) is 12.2 Å². The van der Waals surface area contributed by atoms with E-state index >= 15 is 0 Å². The van der Waals surface area contributed by atoms with Crippen LogP contribution in [0.1, 0.15) is 335 Å². The van der Waals surface area contributed by atoms with Gasteiger partial charge in [0.1, 0.15) is 0 Å². The second-order valence-electron chi connectivity index (χ2n) is 20.7. The zero-order valence-corrected chi connectivity index (χ0v) is 44.7. The highest BCUT2D eigenvalue weighted by atomic mass is 16.5. The number of amides is 1. The van der Waals surface area contributed by atoms with Crippen LogP contribution in [0.4, 0.5) is 0 Å². The minimum absolute atomic E-state index is 0.0259. The standard InChI is InChI=1S/C60H117NO5/c1-3-5-7-9-11-13-15-17-19-20-21-22-23-24-25-26-27-28-29-30-32-36-40-44-48-52-58(63)57(56-62)61-59(64)53-49-45-41-37-34-35-39-43-47-51-55-66-60(65)54-50-46-42-38-33-31-18-16-14-12-10-8-6-4-2/h16,18,57-58,62-63H,3-15,17,19-56H2,1-2H3,(H,61,64)/b18-16-. The second kappa shape index (κ2) is 56.2. The van der Waals surface area contributed by atoms with Gasteiger partial charge in [-0.05, 0) is 51.4 Å². The topological polar surface area (TPSA) is 95.9 Å². The zero-order chi connectivity index (χ0) is 47.9. The molecule has 0 aromatic heterocycles. The number of aliphatic hydroxyl groups excluding tert-OH is 2. The molecule has 0 radical (unpaired) electrons. The zero-order valence-electron chi connectivity index (χ0n) is 44.7. The normalized spacial score (nSPS) is 12.6. The summed E-state index contributed by atoms with van der Waals surface area (Å²) in [6.45, 7) is 4.91.